The highest BCUT2D eigenvalue weighted by Crippen LogP contribution is 2.33. The third kappa shape index (κ3) is 2.90. The van der Waals surface area contributed by atoms with E-state index in [0.717, 1.165) is 25.6 Å². The molecule has 1 aromatic rings. The maximum absolute atomic E-state index is 12.8. The molecule has 0 unspecified atom stereocenters. The van der Waals surface area contributed by atoms with E-state index in [1.807, 2.05) is 24.2 Å². The van der Waals surface area contributed by atoms with E-state index in [4.69, 9.17) is 0 Å². The van der Waals surface area contributed by atoms with Crippen LogP contribution in [0.1, 0.15) is 42.6 Å². The molecule has 5 rings (SSSR count). The second-order valence-electron chi connectivity index (χ2n) is 7.89. The second-order valence-corrected chi connectivity index (χ2v) is 7.89. The van der Waals surface area contributed by atoms with Crippen molar-refractivity contribution in [3.8, 4) is 0 Å². The zero-order chi connectivity index (χ0) is 16.7. The number of aryl methyl sites for hydroxylation is 1. The molecule has 0 spiro atoms. The van der Waals surface area contributed by atoms with Crippen molar-refractivity contribution < 1.29 is 9.59 Å². The van der Waals surface area contributed by atoms with Crippen molar-refractivity contribution in [1.29, 1.82) is 0 Å². The van der Waals surface area contributed by atoms with Gasteiger partial charge in [0, 0.05) is 45.5 Å². The van der Waals surface area contributed by atoms with Gasteiger partial charge >= 0.3 is 0 Å². The van der Waals surface area contributed by atoms with E-state index in [0.29, 0.717) is 17.7 Å². The van der Waals surface area contributed by atoms with Crippen LogP contribution in [0.3, 0.4) is 0 Å². The summed E-state index contributed by atoms with van der Waals surface area (Å²) < 4.78 is 1.73. The van der Waals surface area contributed by atoms with Gasteiger partial charge in [-0.3, -0.25) is 14.5 Å². The van der Waals surface area contributed by atoms with Crippen LogP contribution in [0.5, 0.6) is 0 Å². The molecule has 3 saturated heterocycles. The van der Waals surface area contributed by atoms with Gasteiger partial charge in [-0.25, -0.2) is 0 Å². The highest BCUT2D eigenvalue weighted by atomic mass is 16.2. The smallest absolute Gasteiger partial charge is 0.296 e. The Bertz CT molecular complexity index is 634. The van der Waals surface area contributed by atoms with E-state index < -0.39 is 0 Å². The molecule has 1 aromatic heterocycles. The zero-order valence-electron chi connectivity index (χ0n) is 14.5. The van der Waals surface area contributed by atoms with Crippen molar-refractivity contribution in [2.75, 3.05) is 26.2 Å². The van der Waals surface area contributed by atoms with Crippen molar-refractivity contribution >= 4 is 11.7 Å². The lowest BCUT2D eigenvalue weighted by molar-refractivity contribution is -0.126. The maximum Gasteiger partial charge on any atom is 0.296 e. The molecule has 4 heterocycles. The second kappa shape index (κ2) is 6.36. The van der Waals surface area contributed by atoms with E-state index in [1.165, 1.54) is 38.6 Å². The number of nitrogens with zero attached hydrogens (tertiary/aromatic N) is 3. The Balaban J connectivity index is 1.46. The van der Waals surface area contributed by atoms with Crippen molar-refractivity contribution in [3.63, 3.8) is 0 Å². The van der Waals surface area contributed by atoms with Crippen LogP contribution in [-0.2, 0) is 11.8 Å². The number of fused-ring (bicyclic) bond motifs is 4. The number of carbonyl (C=O) groups is 2. The number of hydrogen-bond acceptors (Lipinski definition) is 3. The highest BCUT2D eigenvalue weighted by molar-refractivity contribution is 6.42. The fraction of sp³-hybridized carbons (Fsp3) is 0.684. The molecule has 5 nitrogen and oxygen atoms in total. The third-order valence-corrected chi connectivity index (χ3v) is 6.20. The van der Waals surface area contributed by atoms with Gasteiger partial charge in [0.05, 0.1) is 5.69 Å². The average Bonchev–Trinajstić information content (AvgIpc) is 2.77. The predicted molar refractivity (Wildman–Crippen MR) is 91.7 cm³/mol. The Morgan fingerprint density at radius 2 is 1.96 bits per heavy atom. The molecule has 0 aromatic carbocycles. The van der Waals surface area contributed by atoms with E-state index in [2.05, 4.69) is 4.90 Å². The van der Waals surface area contributed by atoms with Gasteiger partial charge in [-0.2, -0.15) is 0 Å². The molecule has 24 heavy (non-hydrogen) atoms. The number of piperidine rings is 1. The van der Waals surface area contributed by atoms with Gasteiger partial charge in [0.2, 0.25) is 0 Å². The summed E-state index contributed by atoms with van der Waals surface area (Å²) in [5, 5.41) is 0. The summed E-state index contributed by atoms with van der Waals surface area (Å²) in [6.07, 6.45) is 8.27. The predicted octanol–water partition coefficient (Wildman–Crippen LogP) is 1.93. The van der Waals surface area contributed by atoms with E-state index in [1.54, 1.807) is 10.6 Å². The topological polar surface area (TPSA) is 45.6 Å². The summed E-state index contributed by atoms with van der Waals surface area (Å²) in [6, 6.07) is 3.98. The zero-order valence-corrected chi connectivity index (χ0v) is 14.5. The monoisotopic (exact) mass is 329 g/mol. The first-order chi connectivity index (χ1) is 11.6. The van der Waals surface area contributed by atoms with Gasteiger partial charge in [0.25, 0.3) is 11.7 Å². The van der Waals surface area contributed by atoms with E-state index in [-0.39, 0.29) is 11.7 Å². The van der Waals surface area contributed by atoms with Crippen molar-refractivity contribution in [2.24, 2.45) is 18.9 Å². The van der Waals surface area contributed by atoms with Gasteiger partial charge in [-0.1, -0.05) is 6.42 Å². The van der Waals surface area contributed by atoms with Crippen LogP contribution in [0, 0.1) is 11.8 Å². The first-order valence-corrected chi connectivity index (χ1v) is 9.31. The van der Waals surface area contributed by atoms with Gasteiger partial charge < -0.3 is 9.47 Å². The normalized spacial score (nSPS) is 27.8. The van der Waals surface area contributed by atoms with Crippen LogP contribution < -0.4 is 0 Å². The molecule has 1 amide bonds. The summed E-state index contributed by atoms with van der Waals surface area (Å²) in [5.74, 6) is 0.695. The quantitative estimate of drug-likeness (QED) is 0.626. The molecule has 4 fully saturated rings. The average molecular weight is 329 g/mol. The summed E-state index contributed by atoms with van der Waals surface area (Å²) >= 11 is 0. The van der Waals surface area contributed by atoms with Crippen molar-refractivity contribution in [3.05, 3.63) is 24.0 Å². The molecular weight excluding hydrogens is 302 g/mol. The van der Waals surface area contributed by atoms with Gasteiger partial charge in [0.1, 0.15) is 0 Å². The third-order valence-electron chi connectivity index (χ3n) is 6.20. The van der Waals surface area contributed by atoms with Crippen LogP contribution in [0.15, 0.2) is 18.3 Å². The van der Waals surface area contributed by atoms with Crippen molar-refractivity contribution in [1.82, 2.24) is 14.4 Å². The fourth-order valence-corrected chi connectivity index (χ4v) is 4.53. The van der Waals surface area contributed by atoms with E-state index >= 15 is 0 Å². The molecule has 4 aliphatic rings. The first-order valence-electron chi connectivity index (χ1n) is 9.31. The number of carbonyl (C=O) groups excluding carboxylic acids is 2. The summed E-state index contributed by atoms with van der Waals surface area (Å²) in [4.78, 5) is 29.8. The number of Topliss-reactive ketones (excluding diaryl/α,β-unsaturated/α-hetero) is 1. The van der Waals surface area contributed by atoms with Crippen LogP contribution in [0.4, 0.5) is 0 Å². The Labute approximate surface area is 143 Å². The number of rotatable bonds is 4. The number of ketones is 1. The van der Waals surface area contributed by atoms with Gasteiger partial charge in [-0.05, 0) is 49.7 Å². The lowest BCUT2D eigenvalue weighted by atomic mass is 9.83. The molecule has 0 N–H and O–H groups in total. The molecule has 0 radical (unpaired) electrons. The Morgan fingerprint density at radius 1 is 1.12 bits per heavy atom. The van der Waals surface area contributed by atoms with Crippen LogP contribution in [0.25, 0.3) is 0 Å². The summed E-state index contributed by atoms with van der Waals surface area (Å²) in [5.41, 5.74) is 0.489. The Morgan fingerprint density at radius 3 is 2.62 bits per heavy atom. The lowest BCUT2D eigenvalue weighted by Crippen LogP contribution is -2.47. The molecule has 1 saturated carbocycles. The maximum atomic E-state index is 12.8. The lowest BCUT2D eigenvalue weighted by Gasteiger charge is -2.40. The summed E-state index contributed by atoms with van der Waals surface area (Å²) in [7, 11) is 1.81. The molecule has 2 bridgehead atoms. The van der Waals surface area contributed by atoms with Crippen LogP contribution in [-0.4, -0.2) is 58.3 Å². The van der Waals surface area contributed by atoms with Crippen LogP contribution >= 0.6 is 0 Å². The molecule has 5 heteroatoms. The molecular formula is C19H27N3O2. The van der Waals surface area contributed by atoms with E-state index in [9.17, 15) is 9.59 Å². The first kappa shape index (κ1) is 15.9. The number of amides is 1. The SMILES string of the molecule is Cn1cccc1C(=O)C(=O)N1C[C@H]2CC[C@@H](C1)N(CC1CCC1)C2. The minimum Gasteiger partial charge on any atom is -0.348 e. The Kier molecular flexibility index (Phi) is 4.21. The van der Waals surface area contributed by atoms with Crippen LogP contribution in [0.2, 0.25) is 0 Å². The minimum atomic E-state index is -0.366. The number of aromatic nitrogens is 1. The summed E-state index contributed by atoms with van der Waals surface area (Å²) in [6.45, 7) is 3.75. The highest BCUT2D eigenvalue weighted by Gasteiger charge is 2.39. The molecule has 130 valence electrons. The molecule has 3 aliphatic heterocycles. The largest absolute Gasteiger partial charge is 0.348 e. The molecule has 2 atom stereocenters. The van der Waals surface area contributed by atoms with Crippen molar-refractivity contribution in [2.45, 2.75) is 38.1 Å². The standard InChI is InChI=1S/C19H27N3O2/c1-20-9-3-6-17(20)18(23)19(24)22-12-15-7-8-16(13-22)21(11-15)10-14-4-2-5-14/h3,6,9,14-16H,2,4-5,7-8,10-13H2,1H3/t15-,16-/m0/s1. The fourth-order valence-electron chi connectivity index (χ4n) is 4.53. The van der Waals surface area contributed by atoms with Gasteiger partial charge in [-0.15, -0.1) is 0 Å². The molecule has 1 aliphatic carbocycles. The number of hydrogen-bond donors (Lipinski definition) is 0. The van der Waals surface area contributed by atoms with Gasteiger partial charge in [0.15, 0.2) is 0 Å². The minimum absolute atomic E-state index is 0.320. The Hall–Kier alpha value is -1.62.